The van der Waals surface area contributed by atoms with Crippen molar-refractivity contribution in [1.29, 1.82) is 0 Å². The van der Waals surface area contributed by atoms with Gasteiger partial charge in [-0.15, -0.1) is 12.3 Å². The molecule has 0 aromatic heterocycles. The van der Waals surface area contributed by atoms with Gasteiger partial charge in [-0.1, -0.05) is 0 Å². The second-order valence-corrected chi connectivity index (χ2v) is 4.74. The molecule has 0 aliphatic rings. The summed E-state index contributed by atoms with van der Waals surface area (Å²) in [4.78, 5) is 22.0. The van der Waals surface area contributed by atoms with Crippen LogP contribution in [0.15, 0.2) is 0 Å². The molecule has 1 amide bonds. The number of hydrogen-bond donors (Lipinski definition) is 2. The lowest BCUT2D eigenvalue weighted by Crippen LogP contribution is -2.43. The van der Waals surface area contributed by atoms with Crippen molar-refractivity contribution < 1.29 is 14.7 Å². The summed E-state index contributed by atoms with van der Waals surface area (Å²) in [6, 6.07) is 0. The first-order valence-electron chi connectivity index (χ1n) is 5.83. The van der Waals surface area contributed by atoms with Gasteiger partial charge in [-0.3, -0.25) is 9.59 Å². The molecule has 0 atom stereocenters. The third kappa shape index (κ3) is 9.43. The van der Waals surface area contributed by atoms with Crippen molar-refractivity contribution in [2.45, 2.75) is 57.9 Å². The summed E-state index contributed by atoms with van der Waals surface area (Å²) in [5.41, 5.74) is -0.471. The highest BCUT2D eigenvalue weighted by atomic mass is 16.4. The van der Waals surface area contributed by atoms with Gasteiger partial charge in [0.1, 0.15) is 0 Å². The van der Waals surface area contributed by atoms with E-state index in [2.05, 4.69) is 11.2 Å². The van der Waals surface area contributed by atoms with Crippen molar-refractivity contribution in [3.63, 3.8) is 0 Å². The Morgan fingerprint density at radius 1 is 1.29 bits per heavy atom. The van der Waals surface area contributed by atoms with Crippen LogP contribution in [0, 0.1) is 12.3 Å². The van der Waals surface area contributed by atoms with Gasteiger partial charge in [0, 0.05) is 24.8 Å². The van der Waals surface area contributed by atoms with Crippen molar-refractivity contribution in [2.75, 3.05) is 0 Å². The fraction of sp³-hybridized carbons (Fsp3) is 0.692. The lowest BCUT2D eigenvalue weighted by molar-refractivity contribution is -0.137. The highest BCUT2D eigenvalue weighted by Crippen LogP contribution is 2.12. The largest absolute Gasteiger partial charge is 0.481 e. The van der Waals surface area contributed by atoms with E-state index in [0.717, 1.165) is 12.8 Å². The predicted octanol–water partition coefficient (Wildman–Crippen LogP) is 1.94. The number of carboxylic acids is 1. The molecule has 17 heavy (non-hydrogen) atoms. The van der Waals surface area contributed by atoms with Crippen LogP contribution in [0.2, 0.25) is 0 Å². The Balaban J connectivity index is 3.84. The van der Waals surface area contributed by atoms with Crippen molar-refractivity contribution in [3.8, 4) is 12.3 Å². The van der Waals surface area contributed by atoms with Crippen LogP contribution in [0.1, 0.15) is 52.4 Å². The number of unbranched alkanes of at least 4 members (excludes halogenated alkanes) is 2. The molecular formula is C13H21NO3. The Bertz CT molecular complexity index is 302. The molecule has 0 rings (SSSR count). The first kappa shape index (κ1) is 15.5. The van der Waals surface area contributed by atoms with E-state index in [1.165, 1.54) is 0 Å². The molecule has 0 bridgehead atoms. The topological polar surface area (TPSA) is 66.4 Å². The summed E-state index contributed by atoms with van der Waals surface area (Å²) < 4.78 is 0. The Morgan fingerprint density at radius 3 is 2.47 bits per heavy atom. The maximum atomic E-state index is 11.6. The molecular weight excluding hydrogens is 218 g/mol. The third-order valence-electron chi connectivity index (χ3n) is 2.42. The van der Waals surface area contributed by atoms with Gasteiger partial charge in [0.2, 0.25) is 5.91 Å². The van der Waals surface area contributed by atoms with E-state index in [-0.39, 0.29) is 12.3 Å². The maximum absolute atomic E-state index is 11.6. The SMILES string of the molecule is C#CCCCCC(=O)NC(C)(C)CCC(=O)O. The average Bonchev–Trinajstić information content (AvgIpc) is 2.21. The van der Waals surface area contributed by atoms with E-state index in [1.54, 1.807) is 0 Å². The molecule has 0 aliphatic heterocycles. The van der Waals surface area contributed by atoms with E-state index in [0.29, 0.717) is 19.3 Å². The Labute approximate surface area is 103 Å². The van der Waals surface area contributed by atoms with Crippen LogP contribution in [0.3, 0.4) is 0 Å². The second-order valence-electron chi connectivity index (χ2n) is 4.74. The molecule has 0 radical (unpaired) electrons. The number of terminal acetylenes is 1. The molecule has 0 aromatic rings. The van der Waals surface area contributed by atoms with Crippen LogP contribution < -0.4 is 5.32 Å². The van der Waals surface area contributed by atoms with E-state index in [1.807, 2.05) is 13.8 Å². The molecule has 2 N–H and O–H groups in total. The molecule has 0 fully saturated rings. The van der Waals surface area contributed by atoms with Crippen molar-refractivity contribution >= 4 is 11.9 Å². The zero-order valence-electron chi connectivity index (χ0n) is 10.6. The average molecular weight is 239 g/mol. The molecule has 4 heteroatoms. The van der Waals surface area contributed by atoms with Gasteiger partial charge in [0.05, 0.1) is 0 Å². The fourth-order valence-corrected chi connectivity index (χ4v) is 1.43. The van der Waals surface area contributed by atoms with E-state index < -0.39 is 11.5 Å². The molecule has 0 saturated heterocycles. The normalized spacial score (nSPS) is 10.6. The monoisotopic (exact) mass is 239 g/mol. The molecule has 0 saturated carbocycles. The van der Waals surface area contributed by atoms with E-state index in [4.69, 9.17) is 11.5 Å². The van der Waals surface area contributed by atoms with Crippen molar-refractivity contribution in [1.82, 2.24) is 5.32 Å². The minimum absolute atomic E-state index is 0.0441. The van der Waals surface area contributed by atoms with Gasteiger partial charge in [-0.05, 0) is 33.1 Å². The number of carbonyl (C=O) groups excluding carboxylic acids is 1. The predicted molar refractivity (Wildman–Crippen MR) is 66.4 cm³/mol. The lowest BCUT2D eigenvalue weighted by Gasteiger charge is -2.25. The number of nitrogens with one attached hydrogen (secondary N) is 1. The van der Waals surface area contributed by atoms with Crippen LogP contribution in [0.4, 0.5) is 0 Å². The standard InChI is InChI=1S/C13H21NO3/c1-4-5-6-7-8-11(15)14-13(2,3)10-9-12(16)17/h1H,5-10H2,2-3H3,(H,14,15)(H,16,17). The second kappa shape index (κ2) is 7.72. The Hall–Kier alpha value is -1.50. The number of hydrogen-bond acceptors (Lipinski definition) is 2. The van der Waals surface area contributed by atoms with Crippen LogP contribution in [-0.4, -0.2) is 22.5 Å². The molecule has 0 spiro atoms. The first-order chi connectivity index (χ1) is 7.87. The summed E-state index contributed by atoms with van der Waals surface area (Å²) in [6.07, 6.45) is 8.35. The number of carboxylic acid groups (broad SMARTS) is 1. The molecule has 4 nitrogen and oxygen atoms in total. The van der Waals surface area contributed by atoms with Gasteiger partial charge in [-0.25, -0.2) is 0 Å². The summed E-state index contributed by atoms with van der Waals surface area (Å²) in [5, 5.41) is 11.4. The van der Waals surface area contributed by atoms with Crippen LogP contribution in [0.5, 0.6) is 0 Å². The van der Waals surface area contributed by atoms with Gasteiger partial charge >= 0.3 is 5.97 Å². The Morgan fingerprint density at radius 2 is 1.94 bits per heavy atom. The molecule has 0 heterocycles. The highest BCUT2D eigenvalue weighted by molar-refractivity contribution is 5.76. The lowest BCUT2D eigenvalue weighted by atomic mass is 9.98. The van der Waals surface area contributed by atoms with Gasteiger partial charge in [0.25, 0.3) is 0 Å². The van der Waals surface area contributed by atoms with Crippen molar-refractivity contribution in [2.24, 2.45) is 0 Å². The van der Waals surface area contributed by atoms with Crippen LogP contribution >= 0.6 is 0 Å². The van der Waals surface area contributed by atoms with Gasteiger partial charge in [0.15, 0.2) is 0 Å². The van der Waals surface area contributed by atoms with Crippen molar-refractivity contribution in [3.05, 3.63) is 0 Å². The summed E-state index contributed by atoms with van der Waals surface area (Å²) in [5.74, 6) is 1.64. The van der Waals surface area contributed by atoms with Crippen LogP contribution in [-0.2, 0) is 9.59 Å². The van der Waals surface area contributed by atoms with Gasteiger partial charge < -0.3 is 10.4 Å². The number of carbonyl (C=O) groups is 2. The third-order valence-corrected chi connectivity index (χ3v) is 2.42. The van der Waals surface area contributed by atoms with E-state index >= 15 is 0 Å². The number of aliphatic carboxylic acids is 1. The minimum Gasteiger partial charge on any atom is -0.481 e. The maximum Gasteiger partial charge on any atom is 0.303 e. The van der Waals surface area contributed by atoms with Crippen LogP contribution in [0.25, 0.3) is 0 Å². The molecule has 0 aromatic carbocycles. The fourth-order valence-electron chi connectivity index (χ4n) is 1.43. The summed E-state index contributed by atoms with van der Waals surface area (Å²) in [7, 11) is 0. The Kier molecular flexibility index (Phi) is 7.04. The molecule has 96 valence electrons. The quantitative estimate of drug-likeness (QED) is 0.502. The molecule has 0 unspecified atom stereocenters. The summed E-state index contributed by atoms with van der Waals surface area (Å²) >= 11 is 0. The number of amides is 1. The van der Waals surface area contributed by atoms with E-state index in [9.17, 15) is 9.59 Å². The summed E-state index contributed by atoms with van der Waals surface area (Å²) in [6.45, 7) is 3.66. The highest BCUT2D eigenvalue weighted by Gasteiger charge is 2.20. The zero-order chi connectivity index (χ0) is 13.3. The van der Waals surface area contributed by atoms with Gasteiger partial charge in [-0.2, -0.15) is 0 Å². The smallest absolute Gasteiger partial charge is 0.303 e. The zero-order valence-corrected chi connectivity index (χ0v) is 10.6. The first-order valence-corrected chi connectivity index (χ1v) is 5.83. The number of rotatable bonds is 8. The minimum atomic E-state index is -0.846. The molecule has 0 aliphatic carbocycles.